The Morgan fingerprint density at radius 3 is 2.43 bits per heavy atom. The molecule has 1 heterocycles. The number of thiophene rings is 1. The van der Waals surface area contributed by atoms with Crippen molar-refractivity contribution in [1.29, 1.82) is 0 Å². The minimum Gasteiger partial charge on any atom is -0.341 e. The van der Waals surface area contributed by atoms with Gasteiger partial charge in [-0.15, -0.1) is 11.3 Å². The van der Waals surface area contributed by atoms with E-state index >= 15 is 0 Å². The van der Waals surface area contributed by atoms with E-state index < -0.39 is 11.7 Å². The number of rotatable bonds is 6. The minimum atomic E-state index is -4.33. The molecule has 0 saturated carbocycles. The molecule has 1 amide bonds. The molecule has 2 nitrogen and oxygen atoms in total. The van der Waals surface area contributed by atoms with Crippen LogP contribution in [0.25, 0.3) is 0 Å². The summed E-state index contributed by atoms with van der Waals surface area (Å²) >= 11 is 1.67. The molecule has 0 saturated heterocycles. The van der Waals surface area contributed by atoms with Crippen molar-refractivity contribution in [2.75, 3.05) is 7.05 Å². The van der Waals surface area contributed by atoms with Crippen molar-refractivity contribution >= 4 is 17.2 Å². The van der Waals surface area contributed by atoms with Crippen molar-refractivity contribution in [1.82, 2.24) is 4.90 Å². The Morgan fingerprint density at radius 2 is 1.87 bits per heavy atom. The van der Waals surface area contributed by atoms with E-state index in [1.807, 2.05) is 17.5 Å². The van der Waals surface area contributed by atoms with Crippen molar-refractivity contribution < 1.29 is 18.0 Å². The van der Waals surface area contributed by atoms with Gasteiger partial charge in [0.15, 0.2) is 0 Å². The van der Waals surface area contributed by atoms with Crippen LogP contribution in [0.2, 0.25) is 0 Å². The number of aryl methyl sites for hydroxylation is 1. The maximum Gasteiger partial charge on any atom is 0.416 e. The number of nitrogens with zero attached hydrogens (tertiary/aromatic N) is 1. The number of hydrogen-bond donors (Lipinski definition) is 0. The molecule has 6 heteroatoms. The Morgan fingerprint density at radius 1 is 1.17 bits per heavy atom. The highest BCUT2D eigenvalue weighted by Gasteiger charge is 2.29. The van der Waals surface area contributed by atoms with Crippen molar-refractivity contribution in [2.24, 2.45) is 0 Å². The molecule has 0 radical (unpaired) electrons. The van der Waals surface area contributed by atoms with Gasteiger partial charge in [0.25, 0.3) is 0 Å². The maximum atomic E-state index is 12.5. The van der Waals surface area contributed by atoms with Gasteiger partial charge in [0.05, 0.1) is 5.56 Å². The number of halogens is 3. The number of amides is 1. The smallest absolute Gasteiger partial charge is 0.341 e. The van der Waals surface area contributed by atoms with Crippen LogP contribution in [-0.2, 0) is 23.9 Å². The second kappa shape index (κ2) is 7.64. The van der Waals surface area contributed by atoms with Crippen LogP contribution in [0.4, 0.5) is 13.2 Å². The molecule has 2 rings (SSSR count). The molecule has 1 aromatic heterocycles. The quantitative estimate of drug-likeness (QED) is 0.742. The first-order valence-corrected chi connectivity index (χ1v) is 8.16. The van der Waals surface area contributed by atoms with Crippen molar-refractivity contribution in [3.8, 4) is 0 Å². The van der Waals surface area contributed by atoms with Crippen LogP contribution in [-0.4, -0.2) is 17.9 Å². The largest absolute Gasteiger partial charge is 0.416 e. The fraction of sp³-hybridized carbons (Fsp3) is 0.353. The van der Waals surface area contributed by atoms with Crippen LogP contribution in [0.5, 0.6) is 0 Å². The van der Waals surface area contributed by atoms with Gasteiger partial charge in [-0.1, -0.05) is 18.2 Å². The average molecular weight is 341 g/mol. The molecular weight excluding hydrogens is 323 g/mol. The second-order valence-corrected chi connectivity index (χ2v) is 6.41. The summed E-state index contributed by atoms with van der Waals surface area (Å²) in [6.07, 6.45) is -2.24. The lowest BCUT2D eigenvalue weighted by atomic mass is 10.1. The molecule has 0 bridgehead atoms. The SMILES string of the molecule is CN(Cc1ccc(C(F)(F)F)cc1)C(=O)CCCc1cccs1. The van der Waals surface area contributed by atoms with Gasteiger partial charge in [0.1, 0.15) is 0 Å². The van der Waals surface area contributed by atoms with Crippen LogP contribution in [0.1, 0.15) is 28.8 Å². The predicted molar refractivity (Wildman–Crippen MR) is 85.2 cm³/mol. The fourth-order valence-corrected chi connectivity index (χ4v) is 2.97. The van der Waals surface area contributed by atoms with E-state index in [-0.39, 0.29) is 5.91 Å². The minimum absolute atomic E-state index is 0.00135. The number of alkyl halides is 3. The second-order valence-electron chi connectivity index (χ2n) is 5.38. The molecule has 0 N–H and O–H groups in total. The Labute approximate surface area is 137 Å². The van der Waals surface area contributed by atoms with Crippen molar-refractivity contribution in [3.63, 3.8) is 0 Å². The van der Waals surface area contributed by atoms with Gasteiger partial charge in [-0.3, -0.25) is 4.79 Å². The molecule has 0 spiro atoms. The topological polar surface area (TPSA) is 20.3 Å². The van der Waals surface area contributed by atoms with E-state index in [1.54, 1.807) is 23.3 Å². The van der Waals surface area contributed by atoms with Crippen LogP contribution < -0.4 is 0 Å². The summed E-state index contributed by atoms with van der Waals surface area (Å²) in [6, 6.07) is 8.95. The summed E-state index contributed by atoms with van der Waals surface area (Å²) in [5.74, 6) is 0.00135. The van der Waals surface area contributed by atoms with Crippen molar-refractivity contribution in [3.05, 3.63) is 57.8 Å². The zero-order valence-corrected chi connectivity index (χ0v) is 13.6. The Hall–Kier alpha value is -1.82. The van der Waals surface area contributed by atoms with Gasteiger partial charge in [-0.05, 0) is 42.0 Å². The molecule has 124 valence electrons. The summed E-state index contributed by atoms with van der Waals surface area (Å²) < 4.78 is 37.5. The first kappa shape index (κ1) is 17.5. The highest BCUT2D eigenvalue weighted by molar-refractivity contribution is 7.09. The zero-order valence-electron chi connectivity index (χ0n) is 12.8. The molecular formula is C17H18F3NOS. The third kappa shape index (κ3) is 5.39. The molecule has 0 aliphatic carbocycles. The first-order chi connectivity index (χ1) is 10.9. The molecule has 0 unspecified atom stereocenters. The Bertz CT molecular complexity index is 620. The van der Waals surface area contributed by atoms with Gasteiger partial charge >= 0.3 is 6.18 Å². The van der Waals surface area contributed by atoms with Crippen LogP contribution in [0.15, 0.2) is 41.8 Å². The normalized spacial score (nSPS) is 11.5. The van der Waals surface area contributed by atoms with Crippen LogP contribution in [0.3, 0.4) is 0 Å². The lowest BCUT2D eigenvalue weighted by Crippen LogP contribution is -2.26. The third-order valence-electron chi connectivity index (χ3n) is 3.52. The maximum absolute atomic E-state index is 12.5. The number of benzene rings is 1. The lowest BCUT2D eigenvalue weighted by Gasteiger charge is -2.17. The summed E-state index contributed by atoms with van der Waals surface area (Å²) in [4.78, 5) is 14.9. The molecule has 0 aliphatic heterocycles. The fourth-order valence-electron chi connectivity index (χ4n) is 2.22. The van der Waals surface area contributed by atoms with Gasteiger partial charge < -0.3 is 4.90 Å². The highest BCUT2D eigenvalue weighted by atomic mass is 32.1. The van der Waals surface area contributed by atoms with E-state index in [4.69, 9.17) is 0 Å². The van der Waals surface area contributed by atoms with Crippen molar-refractivity contribution in [2.45, 2.75) is 32.0 Å². The number of hydrogen-bond acceptors (Lipinski definition) is 2. The Kier molecular flexibility index (Phi) is 5.82. The predicted octanol–water partition coefficient (Wildman–Crippen LogP) is 4.75. The molecule has 0 fully saturated rings. The van der Waals surface area contributed by atoms with E-state index in [1.165, 1.54) is 17.0 Å². The standard InChI is InChI=1S/C17H18F3NOS/c1-21(16(22)6-2-4-15-5-3-11-23-15)12-13-7-9-14(10-8-13)17(18,19)20/h3,5,7-11H,2,4,6,12H2,1H3. The molecule has 0 aliphatic rings. The molecule has 2 aromatic rings. The lowest BCUT2D eigenvalue weighted by molar-refractivity contribution is -0.137. The number of carbonyl (C=O) groups excluding carboxylic acids is 1. The third-order valence-corrected chi connectivity index (χ3v) is 4.46. The van der Waals surface area contributed by atoms with Crippen LogP contribution >= 0.6 is 11.3 Å². The molecule has 1 aromatic carbocycles. The van der Waals surface area contributed by atoms with E-state index in [2.05, 4.69) is 0 Å². The van der Waals surface area contributed by atoms with E-state index in [0.717, 1.165) is 25.0 Å². The average Bonchev–Trinajstić information content (AvgIpc) is 3.00. The van der Waals surface area contributed by atoms with Gasteiger partial charge in [-0.25, -0.2) is 0 Å². The van der Waals surface area contributed by atoms with E-state index in [9.17, 15) is 18.0 Å². The van der Waals surface area contributed by atoms with Crippen LogP contribution in [0, 0.1) is 0 Å². The monoisotopic (exact) mass is 341 g/mol. The van der Waals surface area contributed by atoms with Gasteiger partial charge in [0, 0.05) is 24.9 Å². The van der Waals surface area contributed by atoms with Gasteiger partial charge in [-0.2, -0.15) is 13.2 Å². The number of carbonyl (C=O) groups is 1. The van der Waals surface area contributed by atoms with E-state index in [0.29, 0.717) is 18.5 Å². The first-order valence-electron chi connectivity index (χ1n) is 7.29. The summed E-state index contributed by atoms with van der Waals surface area (Å²) in [6.45, 7) is 0.315. The Balaban J connectivity index is 1.81. The van der Waals surface area contributed by atoms with Gasteiger partial charge in [0.2, 0.25) is 5.91 Å². The summed E-state index contributed by atoms with van der Waals surface area (Å²) in [7, 11) is 1.67. The summed E-state index contributed by atoms with van der Waals surface area (Å²) in [5, 5.41) is 2.01. The summed E-state index contributed by atoms with van der Waals surface area (Å²) in [5.41, 5.74) is 0.0123. The molecule has 0 atom stereocenters. The zero-order chi connectivity index (χ0) is 16.9. The highest BCUT2D eigenvalue weighted by Crippen LogP contribution is 2.29. The molecule has 23 heavy (non-hydrogen) atoms.